The van der Waals surface area contributed by atoms with Crippen molar-refractivity contribution < 1.29 is 31.8 Å². The summed E-state index contributed by atoms with van der Waals surface area (Å²) in [5.41, 5.74) is -2.37. The summed E-state index contributed by atoms with van der Waals surface area (Å²) in [5, 5.41) is 29.2. The van der Waals surface area contributed by atoms with Gasteiger partial charge in [-0.25, -0.2) is 8.42 Å². The van der Waals surface area contributed by atoms with Crippen LogP contribution < -0.4 is 0 Å². The van der Waals surface area contributed by atoms with E-state index in [1.54, 1.807) is 0 Å². The van der Waals surface area contributed by atoms with Crippen LogP contribution in [-0.2, 0) is 22.6 Å². The fourth-order valence-corrected chi connectivity index (χ4v) is 5.48. The molecule has 1 aliphatic heterocycles. The van der Waals surface area contributed by atoms with Gasteiger partial charge in [-0.15, -0.1) is 0 Å². The normalized spacial score (nSPS) is 22.4. The van der Waals surface area contributed by atoms with E-state index >= 15 is 0 Å². The van der Waals surface area contributed by atoms with Gasteiger partial charge in [0.05, 0.1) is 28.8 Å². The van der Waals surface area contributed by atoms with Gasteiger partial charge < -0.3 is 10.2 Å². The Hall–Kier alpha value is -2.23. The first-order valence-electron chi connectivity index (χ1n) is 8.96. The van der Waals surface area contributed by atoms with Gasteiger partial charge in [0.1, 0.15) is 10.5 Å². The summed E-state index contributed by atoms with van der Waals surface area (Å²) in [5.74, 6) is -0.825. The van der Waals surface area contributed by atoms with Crippen LogP contribution in [0.15, 0.2) is 41.4 Å². The van der Waals surface area contributed by atoms with Crippen molar-refractivity contribution >= 4 is 21.6 Å². The number of aromatic nitrogens is 1. The number of benzene rings is 1. The highest BCUT2D eigenvalue weighted by atomic mass is 35.5. The number of sulfonamides is 1. The molecule has 2 aromatic rings. The van der Waals surface area contributed by atoms with Crippen LogP contribution in [-0.4, -0.2) is 53.2 Å². The summed E-state index contributed by atoms with van der Waals surface area (Å²) in [4.78, 5) is 3.49. The molecule has 0 amide bonds. The zero-order valence-electron chi connectivity index (χ0n) is 15.8. The van der Waals surface area contributed by atoms with E-state index in [0.717, 1.165) is 16.4 Å². The minimum Gasteiger partial charge on any atom is -0.393 e. The van der Waals surface area contributed by atoms with Crippen LogP contribution >= 0.6 is 11.6 Å². The lowest BCUT2D eigenvalue weighted by Crippen LogP contribution is -2.43. The predicted octanol–water partition coefficient (Wildman–Crippen LogP) is 2.21. The Morgan fingerprint density at radius 3 is 2.55 bits per heavy atom. The van der Waals surface area contributed by atoms with E-state index in [9.17, 15) is 31.8 Å². The van der Waals surface area contributed by atoms with Crippen LogP contribution in [0.25, 0.3) is 0 Å². The molecule has 0 bridgehead atoms. The van der Waals surface area contributed by atoms with Crippen molar-refractivity contribution in [1.29, 1.82) is 5.26 Å². The van der Waals surface area contributed by atoms with Crippen LogP contribution in [0.1, 0.15) is 16.8 Å². The number of pyridine rings is 1. The molecule has 166 valence electrons. The second-order valence-corrected chi connectivity index (χ2v) is 9.57. The smallest absolute Gasteiger partial charge is 0.393 e. The number of hydrogen-bond acceptors (Lipinski definition) is 6. The molecule has 1 aromatic carbocycles. The van der Waals surface area contributed by atoms with E-state index < -0.39 is 46.4 Å². The maximum atomic E-state index is 13.0. The largest absolute Gasteiger partial charge is 0.417 e. The number of halogens is 4. The highest BCUT2D eigenvalue weighted by molar-refractivity contribution is 7.89. The van der Waals surface area contributed by atoms with E-state index in [2.05, 4.69) is 4.98 Å². The molecule has 2 N–H and O–H groups in total. The van der Waals surface area contributed by atoms with Crippen LogP contribution in [0.2, 0.25) is 5.02 Å². The number of hydrogen-bond donors (Lipinski definition) is 2. The minimum absolute atomic E-state index is 0.0533. The van der Waals surface area contributed by atoms with E-state index in [0.29, 0.717) is 6.20 Å². The van der Waals surface area contributed by atoms with Gasteiger partial charge >= 0.3 is 6.18 Å². The highest BCUT2D eigenvalue weighted by Gasteiger charge is 2.49. The number of nitrogens with zero attached hydrogens (tertiary/aromatic N) is 3. The third kappa shape index (κ3) is 4.68. The molecule has 1 saturated heterocycles. The first-order valence-corrected chi connectivity index (χ1v) is 10.8. The van der Waals surface area contributed by atoms with Crippen LogP contribution in [0.3, 0.4) is 0 Å². The van der Waals surface area contributed by atoms with Gasteiger partial charge in [-0.1, -0.05) is 11.6 Å². The maximum absolute atomic E-state index is 13.0. The molecule has 31 heavy (non-hydrogen) atoms. The summed E-state index contributed by atoms with van der Waals surface area (Å²) in [6, 6.07) is 7.51. The van der Waals surface area contributed by atoms with E-state index in [1.165, 1.54) is 18.2 Å². The Balaban J connectivity index is 1.86. The minimum atomic E-state index is -4.55. The van der Waals surface area contributed by atoms with Crippen LogP contribution in [0, 0.1) is 17.2 Å². The summed E-state index contributed by atoms with van der Waals surface area (Å²) in [6.45, 7) is -1.41. The van der Waals surface area contributed by atoms with Gasteiger partial charge in [0, 0.05) is 30.9 Å². The zero-order valence-corrected chi connectivity index (χ0v) is 17.4. The van der Waals surface area contributed by atoms with Crippen LogP contribution in [0.4, 0.5) is 13.2 Å². The average Bonchev–Trinajstić information content (AvgIpc) is 3.05. The van der Waals surface area contributed by atoms with Crippen molar-refractivity contribution in [1.82, 2.24) is 9.29 Å². The first kappa shape index (κ1) is 23.4. The topological polar surface area (TPSA) is 115 Å². The van der Waals surface area contributed by atoms with Crippen molar-refractivity contribution in [3.63, 3.8) is 0 Å². The van der Waals surface area contributed by atoms with E-state index in [4.69, 9.17) is 16.9 Å². The Kier molecular flexibility index (Phi) is 6.32. The quantitative estimate of drug-likeness (QED) is 0.685. The number of nitriles is 1. The molecule has 0 saturated carbocycles. The second-order valence-electron chi connectivity index (χ2n) is 7.25. The molecule has 1 aromatic heterocycles. The molecule has 1 aliphatic rings. The Labute approximate surface area is 181 Å². The molecule has 0 spiro atoms. The van der Waals surface area contributed by atoms with E-state index in [-0.39, 0.29) is 34.1 Å². The fourth-order valence-electron chi connectivity index (χ4n) is 3.42. The van der Waals surface area contributed by atoms with Gasteiger partial charge in [-0.3, -0.25) is 4.98 Å². The predicted molar refractivity (Wildman–Crippen MR) is 103 cm³/mol. The molecule has 0 aliphatic carbocycles. The van der Waals surface area contributed by atoms with Gasteiger partial charge in [0.2, 0.25) is 10.0 Å². The lowest BCUT2D eigenvalue weighted by molar-refractivity contribution is -0.137. The molecule has 1 fully saturated rings. The standard InChI is InChI=1S/C19H17ClF3N3O4S/c20-16-5-12(7-24)1-4-17(16)31(29,30)26-9-14(18(28,10-26)11-27)6-15-3-2-13(8-25-15)19(21,22)23/h1-5,8,14,27-28H,6,9-11H2/t14-,18-/m1/s1. The van der Waals surface area contributed by atoms with Gasteiger partial charge in [-0.05, 0) is 36.8 Å². The highest BCUT2D eigenvalue weighted by Crippen LogP contribution is 2.36. The SMILES string of the molecule is N#Cc1ccc(S(=O)(=O)N2C[C@@H](Cc3ccc(C(F)(F)F)cn3)[C@](O)(CO)C2)c(Cl)c1. The average molecular weight is 476 g/mol. The van der Waals surface area contributed by atoms with Gasteiger partial charge in [0.15, 0.2) is 0 Å². The summed E-state index contributed by atoms with van der Waals surface area (Å²) < 4.78 is 65.2. The summed E-state index contributed by atoms with van der Waals surface area (Å²) >= 11 is 6.02. The number of β-amino-alcohol motifs (C(OH)–C–C–N with tert-alkyl or cyclic N) is 1. The number of aliphatic hydroxyl groups excluding tert-OH is 1. The zero-order chi connectivity index (χ0) is 23.0. The Morgan fingerprint density at radius 1 is 1.32 bits per heavy atom. The van der Waals surface area contributed by atoms with Gasteiger partial charge in [0.25, 0.3) is 0 Å². The summed E-state index contributed by atoms with van der Waals surface area (Å²) in [7, 11) is -4.18. The maximum Gasteiger partial charge on any atom is 0.417 e. The Morgan fingerprint density at radius 2 is 2.03 bits per heavy atom. The van der Waals surface area contributed by atoms with Crippen LogP contribution in [0.5, 0.6) is 0 Å². The lowest BCUT2D eigenvalue weighted by atomic mass is 9.87. The van der Waals surface area contributed by atoms with Crippen molar-refractivity contribution in [2.75, 3.05) is 19.7 Å². The molecule has 7 nitrogen and oxygen atoms in total. The fraction of sp³-hybridized carbons (Fsp3) is 0.368. The first-order chi connectivity index (χ1) is 14.4. The van der Waals surface area contributed by atoms with Crippen molar-refractivity contribution in [3.8, 4) is 6.07 Å². The number of aliphatic hydroxyl groups is 2. The third-order valence-electron chi connectivity index (χ3n) is 5.19. The molecule has 2 atom stereocenters. The number of alkyl halides is 3. The monoisotopic (exact) mass is 475 g/mol. The molecule has 2 heterocycles. The van der Waals surface area contributed by atoms with Crippen molar-refractivity contribution in [2.45, 2.75) is 23.1 Å². The molecule has 0 unspecified atom stereocenters. The van der Waals surface area contributed by atoms with Gasteiger partial charge in [-0.2, -0.15) is 22.7 Å². The second kappa shape index (κ2) is 8.37. The summed E-state index contributed by atoms with van der Waals surface area (Å²) in [6.07, 6.45) is -3.94. The molecule has 3 rings (SSSR count). The number of rotatable bonds is 5. The molecular formula is C19H17ClF3N3O4S. The molecule has 0 radical (unpaired) electrons. The third-order valence-corrected chi connectivity index (χ3v) is 7.49. The lowest BCUT2D eigenvalue weighted by Gasteiger charge is -2.26. The van der Waals surface area contributed by atoms with E-state index in [1.807, 2.05) is 6.07 Å². The van der Waals surface area contributed by atoms with Crippen molar-refractivity contribution in [2.24, 2.45) is 5.92 Å². The van der Waals surface area contributed by atoms with Crippen molar-refractivity contribution in [3.05, 3.63) is 58.4 Å². The molecular weight excluding hydrogens is 459 g/mol. The Bertz CT molecular complexity index is 1120. The molecule has 12 heteroatoms.